The predicted molar refractivity (Wildman–Crippen MR) is 135 cm³/mol. The molecule has 33 heavy (non-hydrogen) atoms. The fourth-order valence-electron chi connectivity index (χ4n) is 3.26. The van der Waals surface area contributed by atoms with E-state index in [-0.39, 0.29) is 5.91 Å². The SMILES string of the molecule is COc1cc(C=C2SC(=Nc3cccc(C)c3C)NC2=O)ccc1OCc1ccccc1Cl. The van der Waals surface area contributed by atoms with E-state index in [1.807, 2.05) is 80.6 Å². The van der Waals surface area contributed by atoms with Gasteiger partial charge in [0.2, 0.25) is 0 Å². The number of hydrogen-bond acceptors (Lipinski definition) is 5. The summed E-state index contributed by atoms with van der Waals surface area (Å²) in [5, 5.41) is 4.06. The van der Waals surface area contributed by atoms with Crippen LogP contribution in [0.3, 0.4) is 0 Å². The third-order valence-corrected chi connectivity index (χ3v) is 6.55. The Labute approximate surface area is 202 Å². The molecule has 0 spiro atoms. The molecule has 0 unspecified atom stereocenters. The van der Waals surface area contributed by atoms with Crippen LogP contribution in [0.2, 0.25) is 5.02 Å². The van der Waals surface area contributed by atoms with Crippen LogP contribution in [0, 0.1) is 13.8 Å². The number of benzene rings is 3. The molecule has 4 rings (SSSR count). The smallest absolute Gasteiger partial charge is 0.264 e. The number of amides is 1. The predicted octanol–water partition coefficient (Wildman–Crippen LogP) is 6.44. The summed E-state index contributed by atoms with van der Waals surface area (Å²) in [6.45, 7) is 4.39. The lowest BCUT2D eigenvalue weighted by atomic mass is 10.1. The van der Waals surface area contributed by atoms with Crippen molar-refractivity contribution in [3.63, 3.8) is 0 Å². The number of carbonyl (C=O) groups excluding carboxylic acids is 1. The zero-order valence-corrected chi connectivity index (χ0v) is 20.1. The van der Waals surface area contributed by atoms with Crippen LogP contribution in [0.25, 0.3) is 6.08 Å². The fourth-order valence-corrected chi connectivity index (χ4v) is 4.29. The van der Waals surface area contributed by atoms with Crippen molar-refractivity contribution >= 4 is 46.2 Å². The number of carbonyl (C=O) groups is 1. The van der Waals surface area contributed by atoms with Gasteiger partial charge in [-0.2, -0.15) is 0 Å². The number of aliphatic imine (C=N–C) groups is 1. The minimum Gasteiger partial charge on any atom is -0.493 e. The highest BCUT2D eigenvalue weighted by Crippen LogP contribution is 2.33. The second kappa shape index (κ2) is 10.1. The van der Waals surface area contributed by atoms with E-state index in [0.717, 1.165) is 27.9 Å². The largest absolute Gasteiger partial charge is 0.493 e. The normalized spacial score (nSPS) is 15.7. The average molecular weight is 479 g/mol. The van der Waals surface area contributed by atoms with E-state index in [1.54, 1.807) is 7.11 Å². The molecule has 7 heteroatoms. The van der Waals surface area contributed by atoms with Gasteiger partial charge in [-0.15, -0.1) is 0 Å². The van der Waals surface area contributed by atoms with Gasteiger partial charge in [-0.05, 0) is 72.6 Å². The van der Waals surface area contributed by atoms with Crippen LogP contribution in [-0.4, -0.2) is 18.2 Å². The summed E-state index contributed by atoms with van der Waals surface area (Å²) in [5.41, 5.74) is 4.81. The highest BCUT2D eigenvalue weighted by Gasteiger charge is 2.24. The van der Waals surface area contributed by atoms with Crippen molar-refractivity contribution in [1.29, 1.82) is 0 Å². The summed E-state index contributed by atoms with van der Waals surface area (Å²) in [4.78, 5) is 17.7. The van der Waals surface area contributed by atoms with Crippen molar-refractivity contribution in [1.82, 2.24) is 5.32 Å². The molecule has 0 atom stereocenters. The van der Waals surface area contributed by atoms with Crippen LogP contribution in [0.15, 0.2) is 70.6 Å². The first-order chi connectivity index (χ1) is 15.9. The zero-order valence-electron chi connectivity index (χ0n) is 18.5. The summed E-state index contributed by atoms with van der Waals surface area (Å²) in [6, 6.07) is 19.0. The van der Waals surface area contributed by atoms with Crippen molar-refractivity contribution in [2.45, 2.75) is 20.5 Å². The lowest BCUT2D eigenvalue weighted by Crippen LogP contribution is -2.19. The van der Waals surface area contributed by atoms with Gasteiger partial charge in [0.05, 0.1) is 17.7 Å². The van der Waals surface area contributed by atoms with Gasteiger partial charge in [0.15, 0.2) is 16.7 Å². The summed E-state index contributed by atoms with van der Waals surface area (Å²) in [6.07, 6.45) is 1.81. The van der Waals surface area contributed by atoms with Gasteiger partial charge in [-0.25, -0.2) is 4.99 Å². The molecular weight excluding hydrogens is 456 g/mol. The Morgan fingerprint density at radius 3 is 2.67 bits per heavy atom. The highest BCUT2D eigenvalue weighted by molar-refractivity contribution is 8.18. The Bertz CT molecular complexity index is 1270. The summed E-state index contributed by atoms with van der Waals surface area (Å²) < 4.78 is 11.4. The van der Waals surface area contributed by atoms with Crippen LogP contribution >= 0.6 is 23.4 Å². The van der Waals surface area contributed by atoms with Crippen molar-refractivity contribution in [3.8, 4) is 11.5 Å². The second-order valence-corrected chi connectivity index (χ2v) is 8.93. The monoisotopic (exact) mass is 478 g/mol. The molecule has 5 nitrogen and oxygen atoms in total. The van der Waals surface area contributed by atoms with Gasteiger partial charge < -0.3 is 14.8 Å². The third-order valence-electron chi connectivity index (χ3n) is 5.28. The van der Waals surface area contributed by atoms with Crippen molar-refractivity contribution < 1.29 is 14.3 Å². The molecule has 168 valence electrons. The van der Waals surface area contributed by atoms with Gasteiger partial charge >= 0.3 is 0 Å². The molecule has 0 saturated carbocycles. The summed E-state index contributed by atoms with van der Waals surface area (Å²) in [7, 11) is 1.58. The van der Waals surface area contributed by atoms with E-state index in [1.165, 1.54) is 11.8 Å². The number of hydrogen-bond donors (Lipinski definition) is 1. The first-order valence-corrected chi connectivity index (χ1v) is 11.5. The van der Waals surface area contributed by atoms with E-state index in [9.17, 15) is 4.79 Å². The molecule has 0 aliphatic carbocycles. The van der Waals surface area contributed by atoms with E-state index < -0.39 is 0 Å². The number of nitrogens with zero attached hydrogens (tertiary/aromatic N) is 1. The molecule has 1 heterocycles. The summed E-state index contributed by atoms with van der Waals surface area (Å²) >= 11 is 7.52. The second-order valence-electron chi connectivity index (χ2n) is 7.49. The van der Waals surface area contributed by atoms with Gasteiger partial charge in [0, 0.05) is 10.6 Å². The minimum atomic E-state index is -0.179. The number of thioether (sulfide) groups is 1. The lowest BCUT2D eigenvalue weighted by molar-refractivity contribution is -0.115. The quantitative estimate of drug-likeness (QED) is 0.414. The molecule has 0 aromatic heterocycles. The first-order valence-electron chi connectivity index (χ1n) is 10.3. The van der Waals surface area contributed by atoms with Crippen LogP contribution in [0.5, 0.6) is 11.5 Å². The van der Waals surface area contributed by atoms with Crippen LogP contribution in [0.4, 0.5) is 5.69 Å². The van der Waals surface area contributed by atoms with Crippen LogP contribution in [-0.2, 0) is 11.4 Å². The lowest BCUT2D eigenvalue weighted by Gasteiger charge is -2.12. The Morgan fingerprint density at radius 1 is 1.06 bits per heavy atom. The maximum Gasteiger partial charge on any atom is 0.264 e. The average Bonchev–Trinajstić information content (AvgIpc) is 3.15. The molecule has 1 aliphatic rings. The van der Waals surface area contributed by atoms with Gasteiger partial charge in [-0.1, -0.05) is 48.0 Å². The molecule has 1 aliphatic heterocycles. The molecule has 1 fully saturated rings. The standard InChI is InChI=1S/C26H23ClN2O3S/c1-16-7-6-10-21(17(16)2)28-26-29-25(30)24(33-26)14-18-11-12-22(23(13-18)31-3)32-15-19-8-4-5-9-20(19)27/h4-14H,15H2,1-3H3,(H,28,29,30). The molecule has 1 saturated heterocycles. The Kier molecular flexibility index (Phi) is 7.06. The third kappa shape index (κ3) is 5.41. The Balaban J connectivity index is 1.51. The Hall–Kier alpha value is -3.22. The highest BCUT2D eigenvalue weighted by atomic mass is 35.5. The number of amidine groups is 1. The first kappa shape index (κ1) is 23.0. The number of halogens is 1. The Morgan fingerprint density at radius 2 is 1.88 bits per heavy atom. The number of aryl methyl sites for hydroxylation is 1. The van der Waals surface area contributed by atoms with E-state index in [4.69, 9.17) is 21.1 Å². The molecular formula is C26H23ClN2O3S. The number of ether oxygens (including phenoxy) is 2. The number of nitrogens with one attached hydrogen (secondary N) is 1. The zero-order chi connectivity index (χ0) is 23.4. The fraction of sp³-hybridized carbons (Fsp3) is 0.154. The number of rotatable bonds is 6. The van der Waals surface area contributed by atoms with E-state index in [0.29, 0.717) is 33.2 Å². The summed E-state index contributed by atoms with van der Waals surface area (Å²) in [5.74, 6) is 0.992. The topological polar surface area (TPSA) is 59.9 Å². The molecule has 3 aromatic rings. The maximum absolute atomic E-state index is 12.5. The molecule has 0 radical (unpaired) electrons. The maximum atomic E-state index is 12.5. The van der Waals surface area contributed by atoms with Gasteiger partial charge in [0.1, 0.15) is 6.61 Å². The molecule has 1 N–H and O–H groups in total. The van der Waals surface area contributed by atoms with Crippen molar-refractivity contribution in [2.24, 2.45) is 4.99 Å². The van der Waals surface area contributed by atoms with Gasteiger partial charge in [-0.3, -0.25) is 4.79 Å². The van der Waals surface area contributed by atoms with Gasteiger partial charge in [0.25, 0.3) is 5.91 Å². The molecule has 0 bridgehead atoms. The van der Waals surface area contributed by atoms with Crippen LogP contribution < -0.4 is 14.8 Å². The van der Waals surface area contributed by atoms with Crippen molar-refractivity contribution in [3.05, 3.63) is 92.8 Å². The minimum absolute atomic E-state index is 0.179. The number of methoxy groups -OCH3 is 1. The van der Waals surface area contributed by atoms with E-state index in [2.05, 4.69) is 10.3 Å². The van der Waals surface area contributed by atoms with Crippen LogP contribution in [0.1, 0.15) is 22.3 Å². The van der Waals surface area contributed by atoms with E-state index >= 15 is 0 Å². The molecule has 1 amide bonds. The molecule has 3 aromatic carbocycles. The van der Waals surface area contributed by atoms with Crippen molar-refractivity contribution in [2.75, 3.05) is 7.11 Å².